The third-order valence-electron chi connectivity index (χ3n) is 5.72. The number of rotatable bonds is 6. The monoisotopic (exact) mass is 511 g/mol. The highest BCUT2D eigenvalue weighted by atomic mass is 35.5. The van der Waals surface area contributed by atoms with E-state index in [1.165, 1.54) is 6.92 Å². The molecule has 1 aliphatic heterocycles. The molecule has 0 spiro atoms. The van der Waals surface area contributed by atoms with E-state index in [0.717, 1.165) is 5.56 Å². The van der Waals surface area contributed by atoms with Gasteiger partial charge in [-0.15, -0.1) is 0 Å². The zero-order valence-electron chi connectivity index (χ0n) is 20.0. The molecule has 190 valence electrons. The van der Waals surface area contributed by atoms with E-state index < -0.39 is 24.0 Å². The lowest BCUT2D eigenvalue weighted by molar-refractivity contribution is -0.153. The van der Waals surface area contributed by atoms with Crippen LogP contribution in [0.2, 0.25) is 5.02 Å². The van der Waals surface area contributed by atoms with Gasteiger partial charge in [-0.25, -0.2) is 4.79 Å². The van der Waals surface area contributed by atoms with Gasteiger partial charge < -0.3 is 20.7 Å². The second-order valence-electron chi connectivity index (χ2n) is 8.58. The zero-order chi connectivity index (χ0) is 25.9. The first-order chi connectivity index (χ1) is 17.3. The average molecular weight is 512 g/mol. The molecular weight excluding hydrogens is 482 g/mol. The summed E-state index contributed by atoms with van der Waals surface area (Å²) in [5.74, 6) is -2.11. The number of carbonyl (C=O) groups excluding carboxylic acids is 4. The average Bonchev–Trinajstić information content (AvgIpc) is 2.86. The van der Waals surface area contributed by atoms with Crippen LogP contribution >= 0.6 is 11.6 Å². The molecule has 9 heteroatoms. The lowest BCUT2D eigenvalue weighted by Crippen LogP contribution is -2.43. The number of nitrogens with one attached hydrogen (secondary N) is 3. The molecule has 1 aliphatic rings. The summed E-state index contributed by atoms with van der Waals surface area (Å²) in [5, 5.41) is 8.90. The molecule has 0 unspecified atom stereocenters. The fourth-order valence-corrected chi connectivity index (χ4v) is 3.92. The molecule has 3 rings (SSSR count). The van der Waals surface area contributed by atoms with Gasteiger partial charge in [-0.1, -0.05) is 66.2 Å². The fraction of sp³-hybridized carbons (Fsp3) is 0.333. The second kappa shape index (κ2) is 13.4. The van der Waals surface area contributed by atoms with Crippen molar-refractivity contribution in [3.8, 4) is 0 Å². The summed E-state index contributed by atoms with van der Waals surface area (Å²) >= 11 is 5.90. The largest absolute Gasteiger partial charge is 0.454 e. The Morgan fingerprint density at radius 1 is 1.03 bits per heavy atom. The van der Waals surface area contributed by atoms with E-state index in [1.807, 2.05) is 30.3 Å². The van der Waals surface area contributed by atoms with Gasteiger partial charge in [0.2, 0.25) is 17.7 Å². The smallest absolute Gasteiger partial charge is 0.329 e. The number of hydrogen-bond donors (Lipinski definition) is 3. The van der Waals surface area contributed by atoms with E-state index in [0.29, 0.717) is 23.6 Å². The summed E-state index contributed by atoms with van der Waals surface area (Å²) < 4.78 is 5.69. The van der Waals surface area contributed by atoms with Crippen molar-refractivity contribution in [2.75, 3.05) is 6.54 Å². The fourth-order valence-electron chi connectivity index (χ4n) is 3.79. The molecule has 0 radical (unpaired) electrons. The van der Waals surface area contributed by atoms with Gasteiger partial charge in [-0.05, 0) is 36.1 Å². The molecule has 0 aliphatic carbocycles. The maximum absolute atomic E-state index is 13.0. The molecule has 2 aromatic carbocycles. The Morgan fingerprint density at radius 2 is 1.72 bits per heavy atom. The molecule has 8 nitrogen and oxygen atoms in total. The van der Waals surface area contributed by atoms with Crippen LogP contribution in [0.5, 0.6) is 0 Å². The van der Waals surface area contributed by atoms with E-state index in [4.69, 9.17) is 16.3 Å². The first kappa shape index (κ1) is 26.9. The SMILES string of the molecule is CC(=O)N[C@H]1C/C=C/C[C@@H](CC(=O)NCc2ccc(Cl)cc2)C(=O)NC[C@@H](c2ccccc2)OC1=O. The van der Waals surface area contributed by atoms with Crippen molar-refractivity contribution in [3.05, 3.63) is 82.9 Å². The van der Waals surface area contributed by atoms with E-state index >= 15 is 0 Å². The Labute approximate surface area is 215 Å². The summed E-state index contributed by atoms with van der Waals surface area (Å²) in [6, 6.07) is 15.3. The molecule has 3 N–H and O–H groups in total. The first-order valence-electron chi connectivity index (χ1n) is 11.8. The van der Waals surface area contributed by atoms with Crippen LogP contribution in [-0.2, 0) is 30.5 Å². The third kappa shape index (κ3) is 8.53. The number of allylic oxidation sites excluding steroid dienone is 1. The third-order valence-corrected chi connectivity index (χ3v) is 5.97. The molecule has 3 atom stereocenters. The second-order valence-corrected chi connectivity index (χ2v) is 9.02. The topological polar surface area (TPSA) is 114 Å². The van der Waals surface area contributed by atoms with Crippen LogP contribution in [-0.4, -0.2) is 36.3 Å². The van der Waals surface area contributed by atoms with E-state index in [-0.39, 0.29) is 37.1 Å². The van der Waals surface area contributed by atoms with Crippen LogP contribution in [0.4, 0.5) is 0 Å². The molecule has 0 bridgehead atoms. The van der Waals surface area contributed by atoms with Gasteiger partial charge in [0.05, 0.1) is 12.5 Å². The normalized spacial score (nSPS) is 21.7. The molecule has 0 fully saturated rings. The molecule has 3 amide bonds. The van der Waals surface area contributed by atoms with Crippen molar-refractivity contribution in [1.29, 1.82) is 0 Å². The Hall–Kier alpha value is -3.65. The Balaban J connectivity index is 1.72. The number of esters is 1. The number of cyclic esters (lactones) is 1. The van der Waals surface area contributed by atoms with Crippen molar-refractivity contribution < 1.29 is 23.9 Å². The van der Waals surface area contributed by atoms with Crippen molar-refractivity contribution in [3.63, 3.8) is 0 Å². The Morgan fingerprint density at radius 3 is 2.42 bits per heavy atom. The Kier molecular flexibility index (Phi) is 10.1. The maximum atomic E-state index is 13.0. The summed E-state index contributed by atoms with van der Waals surface area (Å²) in [7, 11) is 0. The number of benzene rings is 2. The summed E-state index contributed by atoms with van der Waals surface area (Å²) in [4.78, 5) is 50.1. The lowest BCUT2D eigenvalue weighted by Gasteiger charge is -2.24. The number of amides is 3. The van der Waals surface area contributed by atoms with Gasteiger partial charge in [0.25, 0.3) is 0 Å². The minimum Gasteiger partial charge on any atom is -0.454 e. The summed E-state index contributed by atoms with van der Waals surface area (Å²) in [6.07, 6.45) is 3.22. The van der Waals surface area contributed by atoms with Crippen LogP contribution in [0, 0.1) is 5.92 Å². The standard InChI is InChI=1S/C27H30ClN3O5/c1-18(32)31-23-10-6-5-9-21(15-25(33)29-16-19-11-13-22(28)14-12-19)26(34)30-17-24(36-27(23)35)20-7-3-2-4-8-20/h2-8,11-14,21,23-24H,9-10,15-17H2,1H3,(H,29,33)(H,30,34)(H,31,32)/b6-5+/t21-,23-,24-/m0/s1. The van der Waals surface area contributed by atoms with Crippen molar-refractivity contribution in [2.24, 2.45) is 5.92 Å². The maximum Gasteiger partial charge on any atom is 0.329 e. The Bertz CT molecular complexity index is 1090. The molecule has 0 saturated heterocycles. The van der Waals surface area contributed by atoms with Gasteiger partial charge in [-0.2, -0.15) is 0 Å². The number of halogens is 1. The van der Waals surface area contributed by atoms with Crippen molar-refractivity contribution in [1.82, 2.24) is 16.0 Å². The highest BCUT2D eigenvalue weighted by Crippen LogP contribution is 2.20. The van der Waals surface area contributed by atoms with Gasteiger partial charge in [0, 0.05) is 24.9 Å². The minimum atomic E-state index is -0.860. The van der Waals surface area contributed by atoms with E-state index in [1.54, 1.807) is 36.4 Å². The van der Waals surface area contributed by atoms with E-state index in [2.05, 4.69) is 16.0 Å². The molecule has 2 aromatic rings. The minimum absolute atomic E-state index is 0.00528. The van der Waals surface area contributed by atoms with Crippen LogP contribution in [0.1, 0.15) is 43.4 Å². The lowest BCUT2D eigenvalue weighted by atomic mass is 9.98. The van der Waals surface area contributed by atoms with Crippen LogP contribution < -0.4 is 16.0 Å². The number of ether oxygens (including phenoxy) is 1. The quantitative estimate of drug-likeness (QED) is 0.407. The highest BCUT2D eigenvalue weighted by molar-refractivity contribution is 6.30. The predicted octanol–water partition coefficient (Wildman–Crippen LogP) is 3.22. The van der Waals surface area contributed by atoms with Crippen molar-refractivity contribution >= 4 is 35.3 Å². The molecule has 1 heterocycles. The van der Waals surface area contributed by atoms with Crippen LogP contribution in [0.15, 0.2) is 66.7 Å². The zero-order valence-corrected chi connectivity index (χ0v) is 20.8. The molecule has 0 saturated carbocycles. The highest BCUT2D eigenvalue weighted by Gasteiger charge is 2.27. The van der Waals surface area contributed by atoms with Gasteiger partial charge in [0.15, 0.2) is 0 Å². The molecular formula is C27H30ClN3O5. The van der Waals surface area contributed by atoms with Gasteiger partial charge in [0.1, 0.15) is 12.1 Å². The first-order valence-corrected chi connectivity index (χ1v) is 12.2. The molecule has 0 aromatic heterocycles. The summed E-state index contributed by atoms with van der Waals surface area (Å²) in [6.45, 7) is 1.69. The summed E-state index contributed by atoms with van der Waals surface area (Å²) in [5.41, 5.74) is 1.60. The van der Waals surface area contributed by atoms with Gasteiger partial charge in [-0.3, -0.25) is 14.4 Å². The number of hydrogen-bond acceptors (Lipinski definition) is 5. The van der Waals surface area contributed by atoms with Crippen LogP contribution in [0.3, 0.4) is 0 Å². The van der Waals surface area contributed by atoms with E-state index in [9.17, 15) is 19.2 Å². The predicted molar refractivity (Wildman–Crippen MR) is 136 cm³/mol. The number of carbonyl (C=O) groups is 4. The van der Waals surface area contributed by atoms with Crippen molar-refractivity contribution in [2.45, 2.75) is 44.9 Å². The van der Waals surface area contributed by atoms with Gasteiger partial charge >= 0.3 is 5.97 Å². The molecule has 36 heavy (non-hydrogen) atoms. The van der Waals surface area contributed by atoms with Crippen LogP contribution in [0.25, 0.3) is 0 Å².